The van der Waals surface area contributed by atoms with Crippen LogP contribution in [0, 0.1) is 0 Å². The molecule has 0 aliphatic rings. The smallest absolute Gasteiger partial charge is 0.249 e. The lowest BCUT2D eigenvalue weighted by Gasteiger charge is -2.25. The number of rotatable bonds is 12. The third-order valence-corrected chi connectivity index (χ3v) is 7.39. The van der Waals surface area contributed by atoms with Gasteiger partial charge in [-0.3, -0.25) is 4.79 Å². The molecule has 202 valence electrons. The molecule has 0 atom stereocenters. The Morgan fingerprint density at radius 2 is 1.33 bits per heavy atom. The molecule has 39 heavy (non-hydrogen) atoms. The lowest BCUT2D eigenvalue weighted by atomic mass is 9.89. The van der Waals surface area contributed by atoms with Gasteiger partial charge in [0.15, 0.2) is 5.75 Å². The summed E-state index contributed by atoms with van der Waals surface area (Å²) >= 11 is 0. The van der Waals surface area contributed by atoms with Crippen molar-refractivity contribution in [2.45, 2.75) is 37.5 Å². The number of nitrogens with two attached hydrogens (primary N) is 2. The molecule has 8 heteroatoms. The van der Waals surface area contributed by atoms with Crippen LogP contribution in [0.15, 0.2) is 95.9 Å². The highest BCUT2D eigenvalue weighted by molar-refractivity contribution is 7.89. The Bertz CT molecular complexity index is 1530. The highest BCUT2D eigenvalue weighted by Gasteiger charge is 2.33. The number of carbonyl (C=O) groups excluding carboxylic acids is 1. The number of sulfonamides is 1. The Labute approximate surface area is 229 Å². The molecule has 0 aliphatic carbocycles. The summed E-state index contributed by atoms with van der Waals surface area (Å²) in [4.78, 5) is 12.9. The fraction of sp³-hybridized carbons (Fsp3) is 0.194. The number of benzene rings is 4. The number of carbonyl (C=O) groups is 1. The van der Waals surface area contributed by atoms with Crippen molar-refractivity contribution >= 4 is 21.6 Å². The predicted octanol–water partition coefficient (Wildman–Crippen LogP) is 5.62. The van der Waals surface area contributed by atoms with Crippen molar-refractivity contribution in [3.8, 4) is 11.5 Å². The van der Waals surface area contributed by atoms with Crippen molar-refractivity contribution in [3.63, 3.8) is 0 Å². The number of anilines is 1. The third kappa shape index (κ3) is 6.85. The van der Waals surface area contributed by atoms with Gasteiger partial charge in [0.1, 0.15) is 10.6 Å². The molecule has 4 aromatic carbocycles. The topological polar surface area (TPSA) is 125 Å². The highest BCUT2D eigenvalue weighted by Crippen LogP contribution is 2.44. The van der Waals surface area contributed by atoms with Crippen LogP contribution in [0.25, 0.3) is 0 Å². The summed E-state index contributed by atoms with van der Waals surface area (Å²) in [6.07, 6.45) is 2.17. The first-order valence-electron chi connectivity index (χ1n) is 12.9. The van der Waals surface area contributed by atoms with E-state index in [9.17, 15) is 13.2 Å². The SMILES string of the molecule is CCCCNc1c(Cc2ccccc2)c(C(N)=O)c(Cc2ccccc2)c(S(N)(=O)=O)c1Oc1ccccc1. The van der Waals surface area contributed by atoms with Gasteiger partial charge < -0.3 is 15.8 Å². The van der Waals surface area contributed by atoms with Crippen molar-refractivity contribution in [3.05, 3.63) is 119 Å². The molecule has 1 amide bonds. The second-order valence-electron chi connectivity index (χ2n) is 9.29. The van der Waals surface area contributed by atoms with E-state index in [1.807, 2.05) is 66.7 Å². The first-order valence-corrected chi connectivity index (χ1v) is 14.4. The van der Waals surface area contributed by atoms with Gasteiger partial charge in [0.2, 0.25) is 15.9 Å². The zero-order valence-electron chi connectivity index (χ0n) is 21.9. The zero-order valence-corrected chi connectivity index (χ0v) is 22.7. The van der Waals surface area contributed by atoms with Gasteiger partial charge in [-0.1, -0.05) is 92.2 Å². The number of para-hydroxylation sites is 1. The van der Waals surface area contributed by atoms with E-state index in [2.05, 4.69) is 12.2 Å². The molecule has 4 rings (SSSR count). The molecular weight excluding hydrogens is 510 g/mol. The van der Waals surface area contributed by atoms with Crippen molar-refractivity contribution in [2.24, 2.45) is 10.9 Å². The monoisotopic (exact) mass is 543 g/mol. The average Bonchev–Trinajstić information content (AvgIpc) is 2.91. The predicted molar refractivity (Wildman–Crippen MR) is 155 cm³/mol. The second kappa shape index (κ2) is 12.6. The Balaban J connectivity index is 2.10. The molecule has 0 bridgehead atoms. The molecule has 0 heterocycles. The van der Waals surface area contributed by atoms with Gasteiger partial charge in [0, 0.05) is 18.5 Å². The van der Waals surface area contributed by atoms with Crippen LogP contribution in [0.1, 0.15) is 52.4 Å². The second-order valence-corrected chi connectivity index (χ2v) is 10.8. The number of hydrogen-bond acceptors (Lipinski definition) is 5. The van der Waals surface area contributed by atoms with E-state index >= 15 is 0 Å². The van der Waals surface area contributed by atoms with Gasteiger partial charge in [-0.25, -0.2) is 13.6 Å². The first-order chi connectivity index (χ1) is 18.8. The van der Waals surface area contributed by atoms with E-state index in [0.29, 0.717) is 30.0 Å². The number of primary sulfonamides is 1. The van der Waals surface area contributed by atoms with Gasteiger partial charge in [0.25, 0.3) is 0 Å². The number of ether oxygens (including phenoxy) is 1. The van der Waals surface area contributed by atoms with E-state index in [1.165, 1.54) is 0 Å². The Morgan fingerprint density at radius 1 is 0.821 bits per heavy atom. The normalized spacial score (nSPS) is 11.2. The van der Waals surface area contributed by atoms with Gasteiger partial charge in [0.05, 0.1) is 5.69 Å². The zero-order chi connectivity index (χ0) is 27.8. The molecule has 0 aliphatic heterocycles. The van der Waals surface area contributed by atoms with Crippen molar-refractivity contribution in [2.75, 3.05) is 11.9 Å². The molecule has 0 radical (unpaired) electrons. The van der Waals surface area contributed by atoms with E-state index in [1.54, 1.807) is 24.3 Å². The molecule has 0 saturated heterocycles. The maximum atomic E-state index is 13.3. The van der Waals surface area contributed by atoms with Crippen LogP contribution in [-0.4, -0.2) is 20.9 Å². The van der Waals surface area contributed by atoms with E-state index < -0.39 is 15.9 Å². The molecular formula is C31H33N3O4S. The number of nitrogens with one attached hydrogen (secondary N) is 1. The molecule has 5 N–H and O–H groups in total. The molecule has 4 aromatic rings. The number of hydrogen-bond donors (Lipinski definition) is 3. The quantitative estimate of drug-likeness (QED) is 0.200. The van der Waals surface area contributed by atoms with Crippen LogP contribution in [0.4, 0.5) is 5.69 Å². The molecule has 0 unspecified atom stereocenters. The van der Waals surface area contributed by atoms with Crippen LogP contribution < -0.4 is 20.9 Å². The lowest BCUT2D eigenvalue weighted by molar-refractivity contribution is 0.0998. The van der Waals surface area contributed by atoms with Crippen molar-refractivity contribution in [1.82, 2.24) is 0 Å². The van der Waals surface area contributed by atoms with E-state index in [0.717, 1.165) is 24.0 Å². The maximum absolute atomic E-state index is 13.3. The Morgan fingerprint density at radius 3 is 1.82 bits per heavy atom. The summed E-state index contributed by atoms with van der Waals surface area (Å²) in [7, 11) is -4.38. The molecule has 0 fully saturated rings. The molecule has 0 spiro atoms. The maximum Gasteiger partial charge on any atom is 0.249 e. The largest absolute Gasteiger partial charge is 0.454 e. The van der Waals surface area contributed by atoms with Crippen LogP contribution in [0.5, 0.6) is 11.5 Å². The van der Waals surface area contributed by atoms with Gasteiger partial charge >= 0.3 is 0 Å². The molecule has 0 saturated carbocycles. The average molecular weight is 544 g/mol. The highest BCUT2D eigenvalue weighted by atomic mass is 32.2. The van der Waals surface area contributed by atoms with Crippen LogP contribution in [0.3, 0.4) is 0 Å². The van der Waals surface area contributed by atoms with Gasteiger partial charge in [-0.05, 0) is 47.2 Å². The summed E-state index contributed by atoms with van der Waals surface area (Å²) in [5, 5.41) is 9.24. The summed E-state index contributed by atoms with van der Waals surface area (Å²) in [5.41, 5.74) is 9.05. The minimum Gasteiger partial charge on any atom is -0.454 e. The minimum atomic E-state index is -4.38. The fourth-order valence-electron chi connectivity index (χ4n) is 4.63. The van der Waals surface area contributed by atoms with Crippen molar-refractivity contribution in [1.29, 1.82) is 0 Å². The number of primary amides is 1. The third-order valence-electron chi connectivity index (χ3n) is 6.39. The first kappa shape index (κ1) is 27.9. The number of amides is 1. The van der Waals surface area contributed by atoms with Crippen LogP contribution >= 0.6 is 0 Å². The van der Waals surface area contributed by atoms with E-state index in [4.69, 9.17) is 15.6 Å². The lowest BCUT2D eigenvalue weighted by Crippen LogP contribution is -2.25. The number of unbranched alkanes of at least 4 members (excludes halogenated alkanes) is 1. The summed E-state index contributed by atoms with van der Waals surface area (Å²) in [5.74, 6) is -0.243. The van der Waals surface area contributed by atoms with Gasteiger partial charge in [-0.15, -0.1) is 0 Å². The summed E-state index contributed by atoms with van der Waals surface area (Å²) in [6.45, 7) is 2.59. The van der Waals surface area contributed by atoms with Crippen LogP contribution in [0.2, 0.25) is 0 Å². The standard InChI is InChI=1S/C31H33N3O4S/c1-2-3-19-34-28-25(20-22-13-7-4-8-14-22)27(31(32)35)26(21-23-15-9-5-10-16-23)30(39(33,36)37)29(28)38-24-17-11-6-12-18-24/h4-18,34H,2-3,19-21H2,1H3,(H2,32,35)(H2,33,36,37). The summed E-state index contributed by atoms with van der Waals surface area (Å²) in [6, 6.07) is 27.8. The molecule has 0 aromatic heterocycles. The Kier molecular flexibility index (Phi) is 9.01. The van der Waals surface area contributed by atoms with E-state index in [-0.39, 0.29) is 28.2 Å². The summed E-state index contributed by atoms with van der Waals surface area (Å²) < 4.78 is 32.9. The van der Waals surface area contributed by atoms with Crippen LogP contribution in [-0.2, 0) is 22.9 Å². The van der Waals surface area contributed by atoms with Crippen molar-refractivity contribution < 1.29 is 17.9 Å². The van der Waals surface area contributed by atoms with Gasteiger partial charge in [-0.2, -0.15) is 0 Å². The fourth-order valence-corrected chi connectivity index (χ4v) is 5.55. The molecule has 7 nitrogen and oxygen atoms in total. The Hall–Kier alpha value is -4.14. The minimum absolute atomic E-state index is 0.0571.